The standard InChI is InChI=1S/C18H15BrN4O3/c19-11-5-7-12(8-6-11)21-15(24)9-10-20-18(26)16-13-3-1-2-4-14(13)17(25)23-22-16/h1-8H,9-10H2,(H,20,26)(H,21,24)(H,23,25). The smallest absolute Gasteiger partial charge is 0.272 e. The molecule has 0 atom stereocenters. The predicted molar refractivity (Wildman–Crippen MR) is 102 cm³/mol. The second kappa shape index (κ2) is 7.92. The van der Waals surface area contributed by atoms with E-state index in [4.69, 9.17) is 0 Å². The lowest BCUT2D eigenvalue weighted by atomic mass is 10.1. The van der Waals surface area contributed by atoms with Gasteiger partial charge in [-0.05, 0) is 30.3 Å². The van der Waals surface area contributed by atoms with Gasteiger partial charge in [0, 0.05) is 28.5 Å². The van der Waals surface area contributed by atoms with Crippen molar-refractivity contribution in [1.82, 2.24) is 15.5 Å². The molecule has 26 heavy (non-hydrogen) atoms. The van der Waals surface area contributed by atoms with Gasteiger partial charge in [-0.25, -0.2) is 5.10 Å². The second-order valence-electron chi connectivity index (χ2n) is 5.51. The Morgan fingerprint density at radius 3 is 2.46 bits per heavy atom. The summed E-state index contributed by atoms with van der Waals surface area (Å²) in [4.78, 5) is 36.0. The summed E-state index contributed by atoms with van der Waals surface area (Å²) >= 11 is 3.33. The molecule has 0 aliphatic heterocycles. The Hall–Kier alpha value is -3.00. The maximum absolute atomic E-state index is 12.3. The number of nitrogens with one attached hydrogen (secondary N) is 3. The van der Waals surface area contributed by atoms with Crippen molar-refractivity contribution >= 4 is 44.2 Å². The highest BCUT2D eigenvalue weighted by atomic mass is 79.9. The maximum Gasteiger partial charge on any atom is 0.272 e. The van der Waals surface area contributed by atoms with Gasteiger partial charge in [0.2, 0.25) is 5.91 Å². The number of amides is 2. The van der Waals surface area contributed by atoms with Gasteiger partial charge in [-0.2, -0.15) is 5.10 Å². The van der Waals surface area contributed by atoms with Gasteiger partial charge in [0.25, 0.3) is 11.5 Å². The molecule has 3 N–H and O–H groups in total. The third kappa shape index (κ3) is 4.15. The normalized spacial score (nSPS) is 10.5. The molecule has 2 amide bonds. The molecule has 3 aromatic rings. The SMILES string of the molecule is O=C(CCNC(=O)c1n[nH]c(=O)c2ccccc12)Nc1ccc(Br)cc1. The molecule has 2 aromatic carbocycles. The van der Waals surface area contributed by atoms with E-state index in [9.17, 15) is 14.4 Å². The Bertz CT molecular complexity index is 1010. The molecular weight excluding hydrogens is 400 g/mol. The summed E-state index contributed by atoms with van der Waals surface area (Å²) in [5, 5.41) is 12.4. The number of aromatic amines is 1. The average Bonchev–Trinajstić information content (AvgIpc) is 2.64. The molecule has 0 fully saturated rings. The van der Waals surface area contributed by atoms with Crippen LogP contribution in [0, 0.1) is 0 Å². The lowest BCUT2D eigenvalue weighted by Crippen LogP contribution is -2.29. The third-order valence-electron chi connectivity index (χ3n) is 3.68. The fraction of sp³-hybridized carbons (Fsp3) is 0.111. The molecule has 0 bridgehead atoms. The highest BCUT2D eigenvalue weighted by Crippen LogP contribution is 2.14. The number of fused-ring (bicyclic) bond motifs is 1. The zero-order chi connectivity index (χ0) is 18.5. The second-order valence-corrected chi connectivity index (χ2v) is 6.42. The minimum Gasteiger partial charge on any atom is -0.350 e. The Morgan fingerprint density at radius 1 is 1.04 bits per heavy atom. The van der Waals surface area contributed by atoms with E-state index in [-0.39, 0.29) is 30.1 Å². The maximum atomic E-state index is 12.3. The number of carbonyl (C=O) groups is 2. The van der Waals surface area contributed by atoms with Gasteiger partial charge in [0.15, 0.2) is 5.69 Å². The lowest BCUT2D eigenvalue weighted by Gasteiger charge is -2.08. The molecule has 0 saturated heterocycles. The molecule has 0 radical (unpaired) electrons. The minimum absolute atomic E-state index is 0.114. The molecule has 8 heteroatoms. The Labute approximate surface area is 156 Å². The van der Waals surface area contributed by atoms with Gasteiger partial charge in [-0.15, -0.1) is 0 Å². The fourth-order valence-corrected chi connectivity index (χ4v) is 2.68. The molecule has 3 rings (SSSR count). The number of hydrogen-bond donors (Lipinski definition) is 3. The summed E-state index contributed by atoms with van der Waals surface area (Å²) in [6.45, 7) is 0.149. The molecule has 1 heterocycles. The van der Waals surface area contributed by atoms with Gasteiger partial charge < -0.3 is 10.6 Å². The van der Waals surface area contributed by atoms with Crippen LogP contribution < -0.4 is 16.2 Å². The summed E-state index contributed by atoms with van der Waals surface area (Å²) in [5.74, 6) is -0.666. The van der Waals surface area contributed by atoms with Crippen LogP contribution in [0.1, 0.15) is 16.9 Å². The van der Waals surface area contributed by atoms with E-state index < -0.39 is 5.91 Å². The van der Waals surface area contributed by atoms with Gasteiger partial charge in [0.05, 0.1) is 5.39 Å². The van der Waals surface area contributed by atoms with Crippen molar-refractivity contribution in [2.45, 2.75) is 6.42 Å². The van der Waals surface area contributed by atoms with E-state index in [2.05, 4.69) is 36.8 Å². The number of anilines is 1. The molecule has 0 aliphatic carbocycles. The topological polar surface area (TPSA) is 104 Å². The first-order chi connectivity index (χ1) is 12.5. The molecule has 7 nitrogen and oxygen atoms in total. The molecule has 132 valence electrons. The molecule has 1 aromatic heterocycles. The van der Waals surface area contributed by atoms with Gasteiger partial charge >= 0.3 is 0 Å². The number of carbonyl (C=O) groups excluding carboxylic acids is 2. The van der Waals surface area contributed by atoms with Crippen LogP contribution in [-0.2, 0) is 4.79 Å². The zero-order valence-corrected chi connectivity index (χ0v) is 15.2. The van der Waals surface area contributed by atoms with E-state index >= 15 is 0 Å². The Balaban J connectivity index is 1.59. The van der Waals surface area contributed by atoms with E-state index in [1.807, 2.05) is 12.1 Å². The summed E-state index contributed by atoms with van der Waals surface area (Å²) < 4.78 is 0.920. The molecule has 0 aliphatic rings. The highest BCUT2D eigenvalue weighted by molar-refractivity contribution is 9.10. The molecule has 0 spiro atoms. The first kappa shape index (κ1) is 17.8. The van der Waals surface area contributed by atoms with E-state index in [1.54, 1.807) is 36.4 Å². The summed E-state index contributed by atoms with van der Waals surface area (Å²) in [6.07, 6.45) is 0.114. The third-order valence-corrected chi connectivity index (χ3v) is 4.21. The Kier molecular flexibility index (Phi) is 5.43. The number of H-pyrrole nitrogens is 1. The number of rotatable bonds is 5. The largest absolute Gasteiger partial charge is 0.350 e. The average molecular weight is 415 g/mol. The quantitative estimate of drug-likeness (QED) is 0.596. The zero-order valence-electron chi connectivity index (χ0n) is 13.6. The van der Waals surface area contributed by atoms with Crippen molar-refractivity contribution in [1.29, 1.82) is 0 Å². The summed E-state index contributed by atoms with van der Waals surface area (Å²) in [5.41, 5.74) is 0.442. The fourth-order valence-electron chi connectivity index (χ4n) is 2.42. The van der Waals surface area contributed by atoms with Gasteiger partial charge in [0.1, 0.15) is 0 Å². The van der Waals surface area contributed by atoms with Crippen LogP contribution in [0.15, 0.2) is 57.8 Å². The van der Waals surface area contributed by atoms with Crippen LogP contribution >= 0.6 is 15.9 Å². The number of benzene rings is 2. The summed E-state index contributed by atoms with van der Waals surface area (Å²) in [7, 11) is 0. The van der Waals surface area contributed by atoms with Crippen LogP contribution in [0.2, 0.25) is 0 Å². The van der Waals surface area contributed by atoms with Gasteiger partial charge in [-0.1, -0.05) is 34.1 Å². The van der Waals surface area contributed by atoms with Gasteiger partial charge in [-0.3, -0.25) is 14.4 Å². The van der Waals surface area contributed by atoms with E-state index in [1.165, 1.54) is 0 Å². The summed E-state index contributed by atoms with van der Waals surface area (Å²) in [6, 6.07) is 13.9. The van der Waals surface area contributed by atoms with Crippen molar-refractivity contribution in [2.24, 2.45) is 0 Å². The lowest BCUT2D eigenvalue weighted by molar-refractivity contribution is -0.116. The monoisotopic (exact) mass is 414 g/mol. The van der Waals surface area contributed by atoms with Crippen LogP contribution in [0.25, 0.3) is 10.8 Å². The van der Waals surface area contributed by atoms with Crippen molar-refractivity contribution in [2.75, 3.05) is 11.9 Å². The number of halogens is 1. The van der Waals surface area contributed by atoms with E-state index in [0.29, 0.717) is 16.5 Å². The van der Waals surface area contributed by atoms with Crippen molar-refractivity contribution in [3.63, 3.8) is 0 Å². The minimum atomic E-state index is -0.450. The van der Waals surface area contributed by atoms with Crippen molar-refractivity contribution in [3.05, 3.63) is 69.1 Å². The predicted octanol–water partition coefficient (Wildman–Crippen LogP) is 2.44. The first-order valence-corrected chi connectivity index (χ1v) is 8.65. The molecular formula is C18H15BrN4O3. The van der Waals surface area contributed by atoms with Crippen LogP contribution in [0.4, 0.5) is 5.69 Å². The number of nitrogens with zero attached hydrogens (tertiary/aromatic N) is 1. The van der Waals surface area contributed by atoms with Crippen molar-refractivity contribution < 1.29 is 9.59 Å². The van der Waals surface area contributed by atoms with Crippen LogP contribution in [0.5, 0.6) is 0 Å². The van der Waals surface area contributed by atoms with Crippen molar-refractivity contribution in [3.8, 4) is 0 Å². The Morgan fingerprint density at radius 2 is 1.73 bits per heavy atom. The molecule has 0 saturated carbocycles. The molecule has 0 unspecified atom stereocenters. The van der Waals surface area contributed by atoms with E-state index in [0.717, 1.165) is 4.47 Å². The number of aromatic nitrogens is 2. The number of hydrogen-bond acceptors (Lipinski definition) is 4. The first-order valence-electron chi connectivity index (χ1n) is 7.85. The van der Waals surface area contributed by atoms with Crippen LogP contribution in [-0.4, -0.2) is 28.6 Å². The van der Waals surface area contributed by atoms with Crippen LogP contribution in [0.3, 0.4) is 0 Å². The highest BCUT2D eigenvalue weighted by Gasteiger charge is 2.14.